The predicted octanol–water partition coefficient (Wildman–Crippen LogP) is -0.615. The number of amides is 1. The molecule has 22 atom stereocenters. The Hall–Kier alpha value is -0.520. The molecule has 3 saturated heterocycles. The normalized spacial score (nSPS) is 28.3. The highest BCUT2D eigenvalue weighted by atomic mass is 31.2. The van der Waals surface area contributed by atoms with Gasteiger partial charge in [0.15, 0.2) is 0 Å². The number of aliphatic hydroxyl groups is 9. The smallest absolute Gasteiger partial charge is 0.394 e. The molecule has 3 aliphatic rings. The van der Waals surface area contributed by atoms with E-state index in [0.29, 0.717) is 0 Å². The van der Waals surface area contributed by atoms with Crippen LogP contribution in [0.1, 0.15) is 79.6 Å². The highest BCUT2D eigenvalue weighted by Gasteiger charge is 2.46. The van der Waals surface area contributed by atoms with Gasteiger partial charge in [0.05, 0.1) is 214 Å². The average molecular weight is 1840 g/mol. The third-order valence-corrected chi connectivity index (χ3v) is 23.9. The molecule has 0 spiro atoms. The van der Waals surface area contributed by atoms with Gasteiger partial charge in [-0.3, -0.25) is 68.1 Å². The second-order valence-corrected chi connectivity index (χ2v) is 36.9. The van der Waals surface area contributed by atoms with E-state index >= 15 is 0 Å². The zero-order valence-corrected chi connectivity index (χ0v) is 71.5. The fourth-order valence-electron chi connectivity index (χ4n) is 10.6. The maximum Gasteiger partial charge on any atom is 0.472 e. The lowest BCUT2D eigenvalue weighted by Gasteiger charge is -2.42. The van der Waals surface area contributed by atoms with Crippen LogP contribution >= 0.6 is 54.8 Å². The highest BCUT2D eigenvalue weighted by Crippen LogP contribution is 2.49. The molecule has 0 saturated carbocycles. The van der Waals surface area contributed by atoms with Gasteiger partial charge in [-0.05, 0) is 58.8 Å². The molecule has 3 rings (SSSR count). The van der Waals surface area contributed by atoms with Crippen molar-refractivity contribution in [3.8, 4) is 0 Å². The number of hydrogen-bond acceptors (Lipinski definition) is 41. The first kappa shape index (κ1) is 110. The number of aliphatic hydroxyl groups excluding tert-OH is 9. The maximum atomic E-state index is 12.8. The van der Waals surface area contributed by atoms with Crippen molar-refractivity contribution in [1.82, 2.24) is 5.32 Å². The fourth-order valence-corrected chi connectivity index (χ4v) is 16.1. The Morgan fingerprint density at radius 1 is 0.328 bits per heavy atom. The summed E-state index contributed by atoms with van der Waals surface area (Å²) in [6.45, 7) is -3.18. The van der Waals surface area contributed by atoms with Gasteiger partial charge >= 0.3 is 54.8 Å². The van der Waals surface area contributed by atoms with Crippen LogP contribution in [0.5, 0.6) is 0 Å². The molecule has 22 unspecified atom stereocenters. The third-order valence-electron chi connectivity index (χ3n) is 16.6. The lowest BCUT2D eigenvalue weighted by molar-refractivity contribution is -0.216. The van der Waals surface area contributed by atoms with Crippen LogP contribution in [-0.4, -0.2) is 370 Å². The molecule has 1 amide bonds. The van der Waals surface area contributed by atoms with E-state index in [-0.39, 0.29) is 144 Å². The summed E-state index contributed by atoms with van der Waals surface area (Å²) in [5, 5.41) is 92.0. The van der Waals surface area contributed by atoms with Crippen molar-refractivity contribution in [3.63, 3.8) is 0 Å². The van der Waals surface area contributed by atoms with Crippen LogP contribution in [0.4, 0.5) is 0 Å². The van der Waals surface area contributed by atoms with Gasteiger partial charge in [0.1, 0.15) is 48.8 Å². The Labute approximate surface area is 671 Å². The Morgan fingerprint density at radius 3 is 0.819 bits per heavy atom. The number of phosphoric acid groups is 7. The van der Waals surface area contributed by atoms with Gasteiger partial charge in [-0.1, -0.05) is 13.8 Å². The summed E-state index contributed by atoms with van der Waals surface area (Å²) in [6, 6.07) is -1.13. The molecule has 3 fully saturated rings. The summed E-state index contributed by atoms with van der Waals surface area (Å²) < 4.78 is 214. The zero-order valence-electron chi connectivity index (χ0n) is 65.3. The van der Waals surface area contributed by atoms with Gasteiger partial charge in [-0.15, -0.1) is 0 Å². The third kappa shape index (κ3) is 46.6. The Morgan fingerprint density at radius 2 is 0.560 bits per heavy atom. The van der Waals surface area contributed by atoms with Crippen molar-refractivity contribution in [1.29, 1.82) is 0 Å². The summed E-state index contributed by atoms with van der Waals surface area (Å²) in [4.78, 5) is 83.1. The number of rotatable bonds is 70. The molecule has 0 aromatic carbocycles. The summed E-state index contributed by atoms with van der Waals surface area (Å²) >= 11 is 0. The van der Waals surface area contributed by atoms with Gasteiger partial charge in [-0.2, -0.15) is 0 Å². The number of carbonyl (C=O) groups is 1. The standard InChI is InChI=1S/C60H122NO48P7/c1-43(2)109-116(84,85)102-20-9-16-92-42-60(39-89-13-6-17-93-110(72,73)96-21-10-24-99-113(78,79)103-30-27-86-36-50-44(3)54(66)56(68)47(33-62)106-50,40-90-14-7-18-94-111(74,75)97-22-11-25-100-114(80,81)104-31-28-87-37-51-45(4)55(67)57(69)48(34-63)107-51)41-91-15-8-19-95-112(76,77)98-23-12-26-101-115(82,83)105-32-29-88-38-52-53(61-46(5)65)59(71)58(70)49(35-64)108-52/h43-45,47-59,62-64,66-71H,6-42H2,1-5H3,(H,61,65)(H,72,73)(H,74,75)(H,76,77)(H,78,79)(H,80,81)(H,82,83)(H,84,85). The van der Waals surface area contributed by atoms with Gasteiger partial charge in [0.25, 0.3) is 0 Å². The van der Waals surface area contributed by atoms with E-state index in [2.05, 4.69) is 5.32 Å². The molecular weight excluding hydrogens is 1720 g/mol. The minimum Gasteiger partial charge on any atom is -0.394 e. The lowest BCUT2D eigenvalue weighted by Crippen LogP contribution is -2.65. The maximum absolute atomic E-state index is 12.8. The van der Waals surface area contributed by atoms with E-state index in [4.69, 9.17) is 111 Å². The molecule has 690 valence electrons. The monoisotopic (exact) mass is 1840 g/mol. The first-order valence-corrected chi connectivity index (χ1v) is 47.6. The van der Waals surface area contributed by atoms with Crippen molar-refractivity contribution in [3.05, 3.63) is 0 Å². The molecule has 0 radical (unpaired) electrons. The molecular formula is C60H122NO48P7. The molecule has 0 aromatic heterocycles. The molecule has 116 heavy (non-hydrogen) atoms. The van der Waals surface area contributed by atoms with E-state index in [1.165, 1.54) is 20.8 Å². The summed E-state index contributed by atoms with van der Waals surface area (Å²) in [7, 11) is -32.7. The van der Waals surface area contributed by atoms with Crippen molar-refractivity contribution >= 4 is 60.7 Å². The number of carbonyl (C=O) groups excluding carboxylic acids is 1. The molecule has 3 aliphatic heterocycles. The van der Waals surface area contributed by atoms with E-state index in [1.807, 2.05) is 0 Å². The van der Waals surface area contributed by atoms with E-state index < -0.39 is 262 Å². The molecule has 0 aromatic rings. The molecule has 56 heteroatoms. The van der Waals surface area contributed by atoms with E-state index in [1.54, 1.807) is 13.8 Å². The number of phosphoric ester groups is 7. The number of ether oxygens (including phenoxy) is 10. The topological polar surface area (TPSA) is 694 Å². The van der Waals surface area contributed by atoms with Crippen molar-refractivity contribution in [2.24, 2.45) is 17.3 Å². The SMILES string of the molecule is CC(=O)NC1C(COCCOP(=O)(O)OCCCOP(=O)(O)OCCCOCC(COCCCOP(=O)(O)OCCCOP(=O)(O)OCCOCC2OC(CO)C(O)C(O)C2C)(COCCCOP(=O)(O)OCCCOP(=O)(O)OCCOCC2OC(CO)C(O)C(O)C2C)COCCCOP(=O)(O)OC(C)C)OC(CO)C(O)C1O. The number of nitrogens with one attached hydrogen (secondary N) is 1. The van der Waals surface area contributed by atoms with Gasteiger partial charge in [0, 0.05) is 45.2 Å². The van der Waals surface area contributed by atoms with Crippen LogP contribution < -0.4 is 5.32 Å². The minimum absolute atomic E-state index is 0.0466. The van der Waals surface area contributed by atoms with E-state index in [0.717, 1.165) is 0 Å². The molecule has 0 aliphatic carbocycles. The first-order valence-electron chi connectivity index (χ1n) is 37.1. The quantitative estimate of drug-likeness (QED) is 0.0267. The second kappa shape index (κ2) is 57.2. The molecule has 3 heterocycles. The van der Waals surface area contributed by atoms with E-state index in [9.17, 15) is 117 Å². The van der Waals surface area contributed by atoms with Crippen molar-refractivity contribution in [2.45, 2.75) is 165 Å². The van der Waals surface area contributed by atoms with Gasteiger partial charge < -0.3 is 133 Å². The molecule has 49 nitrogen and oxygen atoms in total. The van der Waals surface area contributed by atoms with Crippen LogP contribution in [0.15, 0.2) is 0 Å². The molecule has 0 bridgehead atoms. The minimum atomic E-state index is -4.76. The Kier molecular flexibility index (Phi) is 54.1. The van der Waals surface area contributed by atoms with Crippen LogP contribution in [0.25, 0.3) is 0 Å². The number of hydrogen-bond donors (Lipinski definition) is 17. The highest BCUT2D eigenvalue weighted by molar-refractivity contribution is 7.49. The lowest BCUT2D eigenvalue weighted by atomic mass is 9.88. The summed E-state index contributed by atoms with van der Waals surface area (Å²) in [5.74, 6) is -1.70. The first-order chi connectivity index (χ1) is 54.5. The van der Waals surface area contributed by atoms with Crippen LogP contribution in [-0.2, 0) is 147 Å². The molecule has 17 N–H and O–H groups in total. The Balaban J connectivity index is 1.55. The predicted molar refractivity (Wildman–Crippen MR) is 392 cm³/mol. The van der Waals surface area contributed by atoms with Crippen LogP contribution in [0.2, 0.25) is 0 Å². The second-order valence-electron chi connectivity index (χ2n) is 26.8. The van der Waals surface area contributed by atoms with Crippen molar-refractivity contribution < 1.29 is 228 Å². The average Bonchev–Trinajstić information content (AvgIpc) is 0.834. The zero-order chi connectivity index (χ0) is 86.7. The fraction of sp³-hybridized carbons (Fsp3) is 0.983. The summed E-state index contributed by atoms with van der Waals surface area (Å²) in [5.41, 5.74) is -1.29. The van der Waals surface area contributed by atoms with Gasteiger partial charge in [-0.25, -0.2) is 32.0 Å². The van der Waals surface area contributed by atoms with Gasteiger partial charge in [0.2, 0.25) is 5.91 Å². The van der Waals surface area contributed by atoms with Crippen LogP contribution in [0, 0.1) is 17.3 Å². The largest absolute Gasteiger partial charge is 0.472 e. The summed E-state index contributed by atoms with van der Waals surface area (Å²) in [6.07, 6.45) is -15.2. The van der Waals surface area contributed by atoms with Crippen LogP contribution in [0.3, 0.4) is 0 Å². The van der Waals surface area contributed by atoms with Crippen molar-refractivity contribution in [2.75, 3.05) is 198 Å². The Bertz CT molecular complexity index is 2900.